The molecule has 1 atom stereocenters. The Morgan fingerprint density at radius 3 is 2.86 bits per heavy atom. The van der Waals surface area contributed by atoms with Gasteiger partial charge in [0.05, 0.1) is 17.2 Å². The highest BCUT2D eigenvalue weighted by Crippen LogP contribution is 2.36. The van der Waals surface area contributed by atoms with Gasteiger partial charge < -0.3 is 9.32 Å². The molecule has 1 aromatic heterocycles. The number of nitrogens with zero attached hydrogens (tertiary/aromatic N) is 4. The largest absolute Gasteiger partial charge is 0.420 e. The number of aromatic nitrogens is 2. The van der Waals surface area contributed by atoms with Gasteiger partial charge in [0.1, 0.15) is 5.17 Å². The van der Waals surface area contributed by atoms with Crippen molar-refractivity contribution >= 4 is 38.4 Å². The van der Waals surface area contributed by atoms with Crippen molar-refractivity contribution in [3.8, 4) is 11.5 Å². The Balaban J connectivity index is 1.58. The van der Waals surface area contributed by atoms with Gasteiger partial charge in [-0.3, -0.25) is 0 Å². The van der Waals surface area contributed by atoms with E-state index in [9.17, 15) is 0 Å². The maximum atomic E-state index is 6.05. The number of allylic oxidation sites excluding steroid dienone is 2. The lowest BCUT2D eigenvalue weighted by Crippen LogP contribution is -2.33. The fraction of sp³-hybridized carbons (Fsp3) is 0.381. The van der Waals surface area contributed by atoms with E-state index in [0.717, 1.165) is 54.0 Å². The Labute approximate surface area is 178 Å². The fourth-order valence-corrected chi connectivity index (χ4v) is 4.36. The first-order chi connectivity index (χ1) is 13.6. The monoisotopic (exact) mass is 460 g/mol. The van der Waals surface area contributed by atoms with Crippen molar-refractivity contribution in [1.29, 1.82) is 0 Å². The molecule has 0 spiro atoms. The second-order valence-electron chi connectivity index (χ2n) is 7.22. The van der Waals surface area contributed by atoms with E-state index >= 15 is 0 Å². The first kappa shape index (κ1) is 19.4. The minimum atomic E-state index is -0.0280. The molecule has 1 saturated heterocycles. The molecule has 0 amide bonds. The van der Waals surface area contributed by atoms with Crippen LogP contribution in [0.25, 0.3) is 11.5 Å². The van der Waals surface area contributed by atoms with Crippen LogP contribution >= 0.6 is 27.5 Å². The Kier molecular flexibility index (Phi) is 5.97. The van der Waals surface area contributed by atoms with Crippen LogP contribution in [0.5, 0.6) is 0 Å². The molecule has 2 aromatic rings. The van der Waals surface area contributed by atoms with Crippen molar-refractivity contribution in [1.82, 2.24) is 10.2 Å². The zero-order valence-electron chi connectivity index (χ0n) is 15.5. The molecule has 0 aliphatic carbocycles. The van der Waals surface area contributed by atoms with E-state index in [0.29, 0.717) is 23.4 Å². The van der Waals surface area contributed by atoms with Crippen LogP contribution in [0.1, 0.15) is 37.5 Å². The van der Waals surface area contributed by atoms with Crippen LogP contribution in [0.3, 0.4) is 0 Å². The molecule has 4 rings (SSSR count). The van der Waals surface area contributed by atoms with Crippen LogP contribution in [-0.2, 0) is 0 Å². The summed E-state index contributed by atoms with van der Waals surface area (Å²) in [6.45, 7) is 5.90. The third-order valence-corrected chi connectivity index (χ3v) is 6.07. The minimum Gasteiger partial charge on any atom is -0.420 e. The zero-order valence-corrected chi connectivity index (χ0v) is 17.9. The number of aliphatic imine (C=N–C) groups is 1. The molecular formula is C21H22BrClN4O. The minimum absolute atomic E-state index is 0.0280. The normalized spacial score (nSPS) is 20.3. The van der Waals surface area contributed by atoms with Gasteiger partial charge in [0.25, 0.3) is 0 Å². The van der Waals surface area contributed by atoms with Crippen molar-refractivity contribution in [2.24, 2.45) is 10.9 Å². The Morgan fingerprint density at radius 1 is 1.29 bits per heavy atom. The lowest BCUT2D eigenvalue weighted by Gasteiger charge is -2.34. The number of rotatable bonds is 5. The van der Waals surface area contributed by atoms with Gasteiger partial charge in [0.2, 0.25) is 11.8 Å². The van der Waals surface area contributed by atoms with Gasteiger partial charge in [0.15, 0.2) is 0 Å². The highest BCUT2D eigenvalue weighted by molar-refractivity contribution is 9.10. The molecule has 0 bridgehead atoms. The van der Waals surface area contributed by atoms with Gasteiger partial charge in [-0.1, -0.05) is 39.7 Å². The number of halogens is 2. The standard InChI is InChI=1S/C21H22BrClN4O/c1-2-3-14-7-10-27(11-8-14)18-13-16(22)4-5-17(18)21-26-25-20(28-21)15-6-9-24-19(23)12-15/h2,4-6,9,13-15H,1,3,7-8,10-12H2. The molecule has 0 N–H and O–H groups in total. The maximum Gasteiger partial charge on any atom is 0.249 e. The van der Waals surface area contributed by atoms with E-state index in [-0.39, 0.29) is 5.92 Å². The Morgan fingerprint density at radius 2 is 2.11 bits per heavy atom. The third-order valence-electron chi connectivity index (χ3n) is 5.32. The lowest BCUT2D eigenvalue weighted by atomic mass is 9.93. The van der Waals surface area contributed by atoms with Crippen molar-refractivity contribution in [3.05, 3.63) is 53.5 Å². The zero-order chi connectivity index (χ0) is 19.5. The molecule has 2 aliphatic heterocycles. The molecule has 1 unspecified atom stereocenters. The quantitative estimate of drug-likeness (QED) is 0.518. The summed E-state index contributed by atoms with van der Waals surface area (Å²) in [6, 6.07) is 6.19. The lowest BCUT2D eigenvalue weighted by molar-refractivity contribution is 0.409. The Hall–Kier alpha value is -1.92. The van der Waals surface area contributed by atoms with E-state index in [1.54, 1.807) is 6.20 Å². The second-order valence-corrected chi connectivity index (χ2v) is 8.57. The van der Waals surface area contributed by atoms with Gasteiger partial charge >= 0.3 is 0 Å². The van der Waals surface area contributed by atoms with Crippen molar-refractivity contribution in [3.63, 3.8) is 0 Å². The van der Waals surface area contributed by atoms with Gasteiger partial charge in [-0.25, -0.2) is 4.99 Å². The second kappa shape index (κ2) is 8.62. The molecule has 0 saturated carbocycles. The fourth-order valence-electron chi connectivity index (χ4n) is 3.79. The highest BCUT2D eigenvalue weighted by atomic mass is 79.9. The molecule has 1 fully saturated rings. The number of anilines is 1. The molecule has 1 aromatic carbocycles. The summed E-state index contributed by atoms with van der Waals surface area (Å²) in [5.41, 5.74) is 2.09. The van der Waals surface area contributed by atoms with Crippen LogP contribution < -0.4 is 4.90 Å². The topological polar surface area (TPSA) is 54.5 Å². The van der Waals surface area contributed by atoms with Crippen LogP contribution in [0.4, 0.5) is 5.69 Å². The molecule has 2 aliphatic rings. The molecule has 7 heteroatoms. The van der Waals surface area contributed by atoms with E-state index < -0.39 is 0 Å². The first-order valence-electron chi connectivity index (χ1n) is 9.52. The SMILES string of the molecule is C=CCC1CCN(c2cc(Br)ccc2-c2nnc(C3C=CN=C(Cl)C3)o2)CC1. The van der Waals surface area contributed by atoms with Gasteiger partial charge in [-0.2, -0.15) is 0 Å². The van der Waals surface area contributed by atoms with E-state index in [4.69, 9.17) is 16.0 Å². The average Bonchev–Trinajstić information content (AvgIpc) is 3.19. The molecule has 3 heterocycles. The predicted molar refractivity (Wildman–Crippen MR) is 117 cm³/mol. The average molecular weight is 462 g/mol. The van der Waals surface area contributed by atoms with Crippen molar-refractivity contribution < 1.29 is 4.42 Å². The third kappa shape index (κ3) is 4.23. The highest BCUT2D eigenvalue weighted by Gasteiger charge is 2.25. The van der Waals surface area contributed by atoms with Crippen LogP contribution in [0.15, 0.2) is 57.0 Å². The smallest absolute Gasteiger partial charge is 0.249 e. The maximum absolute atomic E-state index is 6.05. The molecule has 0 radical (unpaired) electrons. The summed E-state index contributed by atoms with van der Waals surface area (Å²) >= 11 is 9.66. The number of piperidine rings is 1. The van der Waals surface area contributed by atoms with Gasteiger partial charge in [0, 0.05) is 30.2 Å². The van der Waals surface area contributed by atoms with E-state index in [1.807, 2.05) is 24.3 Å². The number of benzene rings is 1. The van der Waals surface area contributed by atoms with E-state index in [2.05, 4.69) is 48.7 Å². The van der Waals surface area contributed by atoms with Crippen molar-refractivity contribution in [2.75, 3.05) is 18.0 Å². The number of hydrogen-bond acceptors (Lipinski definition) is 5. The van der Waals surface area contributed by atoms with Crippen LogP contribution in [-0.4, -0.2) is 28.5 Å². The van der Waals surface area contributed by atoms with Crippen LogP contribution in [0.2, 0.25) is 0 Å². The number of hydrogen-bond donors (Lipinski definition) is 0. The van der Waals surface area contributed by atoms with Crippen LogP contribution in [0, 0.1) is 5.92 Å². The first-order valence-corrected chi connectivity index (χ1v) is 10.7. The molecule has 28 heavy (non-hydrogen) atoms. The summed E-state index contributed by atoms with van der Waals surface area (Å²) in [6.07, 6.45) is 9.67. The molecular weight excluding hydrogens is 440 g/mol. The summed E-state index contributed by atoms with van der Waals surface area (Å²) in [5.74, 6) is 1.80. The van der Waals surface area contributed by atoms with E-state index in [1.165, 1.54) is 0 Å². The Bertz CT molecular complexity index is 915. The predicted octanol–water partition coefficient (Wildman–Crippen LogP) is 5.93. The summed E-state index contributed by atoms with van der Waals surface area (Å²) in [5, 5.41) is 9.15. The van der Waals surface area contributed by atoms with Gasteiger partial charge in [-0.15, -0.1) is 16.8 Å². The molecule has 146 valence electrons. The van der Waals surface area contributed by atoms with Gasteiger partial charge in [-0.05, 0) is 43.4 Å². The summed E-state index contributed by atoms with van der Waals surface area (Å²) in [4.78, 5) is 6.48. The summed E-state index contributed by atoms with van der Waals surface area (Å²) in [7, 11) is 0. The molecule has 5 nitrogen and oxygen atoms in total. The van der Waals surface area contributed by atoms with Crippen molar-refractivity contribution in [2.45, 2.75) is 31.6 Å². The summed E-state index contributed by atoms with van der Waals surface area (Å²) < 4.78 is 7.09.